The van der Waals surface area contributed by atoms with E-state index in [1.54, 1.807) is 11.8 Å². The largest absolute Gasteiger partial charge is 0.369 e. The first-order valence-electron chi connectivity index (χ1n) is 12.4. The number of ketones is 1. The third-order valence-electron chi connectivity index (χ3n) is 6.65. The number of amides is 2. The molecule has 2 fully saturated rings. The Kier molecular flexibility index (Phi) is 20.0. The summed E-state index contributed by atoms with van der Waals surface area (Å²) >= 11 is 0. The van der Waals surface area contributed by atoms with Crippen LogP contribution in [0.25, 0.3) is 0 Å². The molecule has 0 unspecified atom stereocenters. The maximum Gasteiger partial charge on any atom is 0.248 e. The molecule has 6 nitrogen and oxygen atoms in total. The monoisotopic (exact) mass is 543 g/mol. The molecule has 0 aromatic heterocycles. The van der Waals surface area contributed by atoms with Crippen molar-refractivity contribution in [3.63, 3.8) is 0 Å². The Bertz CT molecular complexity index is 554. The minimum absolute atomic E-state index is 0. The number of likely N-dealkylation sites (tertiary alicyclic amines) is 1. The molecule has 1 aliphatic carbocycles. The van der Waals surface area contributed by atoms with Crippen LogP contribution >= 0.6 is 0 Å². The molecule has 2 aliphatic rings. The summed E-state index contributed by atoms with van der Waals surface area (Å²) in [4.78, 5) is 40.1. The SMILES string of the molecule is C.CC.CC(=O)C1CCC(C(=O)N2CCC(CCCN(C)C(=O)COC(C)C)CC2)CC1.[Y]. The quantitative estimate of drug-likeness (QED) is 0.413. The van der Waals surface area contributed by atoms with Crippen LogP contribution < -0.4 is 0 Å². The zero-order valence-electron chi connectivity index (χ0n) is 21.4. The zero-order chi connectivity index (χ0) is 23.4. The normalized spacial score (nSPS) is 20.6. The number of Topliss-reactive ketones (excluding diaryl/α,β-unsaturated/α-hetero) is 1. The molecule has 0 N–H and O–H groups in total. The fourth-order valence-corrected chi connectivity index (χ4v) is 4.54. The van der Waals surface area contributed by atoms with Gasteiger partial charge in [0.15, 0.2) is 0 Å². The van der Waals surface area contributed by atoms with Crippen LogP contribution in [0, 0.1) is 17.8 Å². The molecule has 1 saturated heterocycles. The van der Waals surface area contributed by atoms with Crippen molar-refractivity contribution >= 4 is 17.6 Å². The Labute approximate surface area is 228 Å². The molecule has 1 aliphatic heterocycles. The number of likely N-dealkylation sites (N-methyl/N-ethyl adjacent to an activating group) is 1. The van der Waals surface area contributed by atoms with Gasteiger partial charge in [0.25, 0.3) is 0 Å². The summed E-state index contributed by atoms with van der Waals surface area (Å²) in [7, 11) is 1.84. The minimum atomic E-state index is 0. The molecule has 0 aromatic rings. The molecule has 0 bridgehead atoms. The van der Waals surface area contributed by atoms with Crippen LogP contribution in [-0.2, 0) is 51.8 Å². The standard InChI is InChI=1S/C23H40N2O4.C2H6.CH4.Y/c1-17(2)29-16-22(27)24(4)13-5-6-19-11-14-25(15-12-19)23(28)21-9-7-20(8-10-21)18(3)26;1-2;;/h17,19-21H,5-16H2,1-4H3;1-2H3;1H4;. The van der Waals surface area contributed by atoms with E-state index in [1.807, 2.05) is 39.6 Å². The molecule has 0 atom stereocenters. The third-order valence-corrected chi connectivity index (χ3v) is 6.65. The van der Waals surface area contributed by atoms with E-state index in [0.717, 1.165) is 71.0 Å². The Morgan fingerprint density at radius 3 is 1.97 bits per heavy atom. The average Bonchev–Trinajstić information content (AvgIpc) is 2.78. The van der Waals surface area contributed by atoms with E-state index in [4.69, 9.17) is 4.74 Å². The summed E-state index contributed by atoms with van der Waals surface area (Å²) in [6.45, 7) is 12.2. The van der Waals surface area contributed by atoms with Gasteiger partial charge in [-0.05, 0) is 78.1 Å². The molecule has 7 heteroatoms. The molecule has 1 saturated carbocycles. The van der Waals surface area contributed by atoms with E-state index in [1.165, 1.54) is 0 Å². The van der Waals surface area contributed by atoms with E-state index >= 15 is 0 Å². The molecule has 1 heterocycles. The molecular formula is C26H50N2O4Y. The van der Waals surface area contributed by atoms with Crippen molar-refractivity contribution in [3.8, 4) is 0 Å². The van der Waals surface area contributed by atoms with E-state index in [2.05, 4.69) is 0 Å². The van der Waals surface area contributed by atoms with Gasteiger partial charge >= 0.3 is 0 Å². The molecule has 2 rings (SSSR count). The molecule has 0 spiro atoms. The summed E-state index contributed by atoms with van der Waals surface area (Å²) < 4.78 is 5.38. The number of carbonyl (C=O) groups excluding carboxylic acids is 3. The number of hydrogen-bond donors (Lipinski definition) is 0. The van der Waals surface area contributed by atoms with Gasteiger partial charge < -0.3 is 14.5 Å². The van der Waals surface area contributed by atoms with Crippen LogP contribution in [0.2, 0.25) is 0 Å². The van der Waals surface area contributed by atoms with Crippen molar-refractivity contribution in [2.75, 3.05) is 33.3 Å². The van der Waals surface area contributed by atoms with Crippen molar-refractivity contribution in [1.29, 1.82) is 0 Å². The summed E-state index contributed by atoms with van der Waals surface area (Å²) in [5, 5.41) is 0. The first kappa shape index (κ1) is 34.8. The first-order chi connectivity index (χ1) is 14.8. The summed E-state index contributed by atoms with van der Waals surface area (Å²) in [5.41, 5.74) is 0. The number of hydrogen-bond acceptors (Lipinski definition) is 4. The second-order valence-electron chi connectivity index (χ2n) is 9.25. The number of rotatable bonds is 9. The average molecular weight is 544 g/mol. The van der Waals surface area contributed by atoms with Gasteiger partial charge in [-0.1, -0.05) is 21.3 Å². The van der Waals surface area contributed by atoms with Crippen LogP contribution in [-0.4, -0.2) is 66.8 Å². The van der Waals surface area contributed by atoms with Gasteiger partial charge in [-0.3, -0.25) is 14.4 Å². The Morgan fingerprint density at radius 2 is 1.48 bits per heavy atom. The van der Waals surface area contributed by atoms with E-state index in [9.17, 15) is 14.4 Å². The zero-order valence-corrected chi connectivity index (χ0v) is 24.2. The van der Waals surface area contributed by atoms with E-state index < -0.39 is 0 Å². The summed E-state index contributed by atoms with van der Waals surface area (Å²) in [6.07, 6.45) is 7.77. The Morgan fingerprint density at radius 1 is 0.970 bits per heavy atom. The summed E-state index contributed by atoms with van der Waals surface area (Å²) in [5.74, 6) is 1.56. The van der Waals surface area contributed by atoms with Crippen molar-refractivity contribution in [1.82, 2.24) is 9.80 Å². The third kappa shape index (κ3) is 12.8. The molecule has 1 radical (unpaired) electrons. The van der Waals surface area contributed by atoms with Crippen LogP contribution in [0.1, 0.15) is 93.4 Å². The predicted octanol–water partition coefficient (Wildman–Crippen LogP) is 4.94. The molecule has 2 amide bonds. The van der Waals surface area contributed by atoms with Gasteiger partial charge in [0, 0.05) is 71.2 Å². The predicted molar refractivity (Wildman–Crippen MR) is 131 cm³/mol. The number of ether oxygens (including phenoxy) is 1. The van der Waals surface area contributed by atoms with Crippen LogP contribution in [0.15, 0.2) is 0 Å². The topological polar surface area (TPSA) is 66.9 Å². The van der Waals surface area contributed by atoms with Crippen molar-refractivity contribution < 1.29 is 51.8 Å². The summed E-state index contributed by atoms with van der Waals surface area (Å²) in [6, 6.07) is 0. The molecule has 191 valence electrons. The van der Waals surface area contributed by atoms with Crippen LogP contribution in [0.3, 0.4) is 0 Å². The minimum Gasteiger partial charge on any atom is -0.369 e. The first-order valence-corrected chi connectivity index (χ1v) is 12.4. The maximum absolute atomic E-state index is 12.8. The molecule has 0 aromatic carbocycles. The van der Waals surface area contributed by atoms with Gasteiger partial charge in [-0.15, -0.1) is 0 Å². The van der Waals surface area contributed by atoms with Gasteiger partial charge in [0.1, 0.15) is 12.4 Å². The number of carbonyl (C=O) groups is 3. The second kappa shape index (κ2) is 18.9. The second-order valence-corrected chi connectivity index (χ2v) is 9.25. The molecule has 33 heavy (non-hydrogen) atoms. The molecular weight excluding hydrogens is 493 g/mol. The smallest absolute Gasteiger partial charge is 0.248 e. The van der Waals surface area contributed by atoms with Gasteiger partial charge in [0.05, 0.1) is 6.10 Å². The number of piperidine rings is 1. The van der Waals surface area contributed by atoms with Gasteiger partial charge in [0.2, 0.25) is 11.8 Å². The van der Waals surface area contributed by atoms with Crippen molar-refractivity contribution in [3.05, 3.63) is 0 Å². The van der Waals surface area contributed by atoms with E-state index in [0.29, 0.717) is 11.8 Å². The van der Waals surface area contributed by atoms with Crippen molar-refractivity contribution in [2.24, 2.45) is 17.8 Å². The van der Waals surface area contributed by atoms with Crippen molar-refractivity contribution in [2.45, 2.75) is 99.5 Å². The van der Waals surface area contributed by atoms with Crippen LogP contribution in [0.5, 0.6) is 0 Å². The van der Waals surface area contributed by atoms with E-state index in [-0.39, 0.29) is 76.4 Å². The fraction of sp³-hybridized carbons (Fsp3) is 0.885. The Balaban J connectivity index is 0. The van der Waals surface area contributed by atoms with Crippen LogP contribution in [0.4, 0.5) is 0 Å². The van der Waals surface area contributed by atoms with Gasteiger partial charge in [-0.25, -0.2) is 0 Å². The Hall–Kier alpha value is -0.326. The number of nitrogens with zero attached hydrogens (tertiary/aromatic N) is 2. The maximum atomic E-state index is 12.8. The fourth-order valence-electron chi connectivity index (χ4n) is 4.54. The van der Waals surface area contributed by atoms with Gasteiger partial charge in [-0.2, -0.15) is 0 Å².